The number of hydrogen-bond acceptors (Lipinski definition) is 3. The van der Waals surface area contributed by atoms with Crippen LogP contribution in [0.5, 0.6) is 0 Å². The number of anilines is 3. The minimum atomic E-state index is 0.720. The van der Waals surface area contributed by atoms with Gasteiger partial charge in [-0.3, -0.25) is 4.68 Å². The van der Waals surface area contributed by atoms with Crippen LogP contribution >= 0.6 is 0 Å². The van der Waals surface area contributed by atoms with Gasteiger partial charge in [0, 0.05) is 25.5 Å². The average Bonchev–Trinajstić information content (AvgIpc) is 2.70. The van der Waals surface area contributed by atoms with Gasteiger partial charge in [0.2, 0.25) is 0 Å². The summed E-state index contributed by atoms with van der Waals surface area (Å²) in [6, 6.07) is 10.3. The highest BCUT2D eigenvalue weighted by Crippen LogP contribution is 2.28. The van der Waals surface area contributed by atoms with Crippen molar-refractivity contribution in [2.75, 3.05) is 17.2 Å². The molecule has 96 valence electrons. The van der Waals surface area contributed by atoms with E-state index in [1.807, 2.05) is 31.4 Å². The van der Waals surface area contributed by atoms with Crippen molar-refractivity contribution >= 4 is 17.2 Å². The molecule has 0 unspecified atom stereocenters. The summed E-state index contributed by atoms with van der Waals surface area (Å²) in [6.45, 7) is 3.12. The van der Waals surface area contributed by atoms with Gasteiger partial charge in [-0.25, -0.2) is 0 Å². The fourth-order valence-corrected chi connectivity index (χ4v) is 1.99. The molecule has 0 aliphatic heterocycles. The molecule has 0 saturated carbocycles. The number of hydrogen-bond donors (Lipinski definition) is 1. The van der Waals surface area contributed by atoms with Crippen molar-refractivity contribution in [1.29, 1.82) is 0 Å². The van der Waals surface area contributed by atoms with Crippen LogP contribution in [0.4, 0.5) is 17.2 Å². The monoisotopic (exact) mass is 244 g/mol. The van der Waals surface area contributed by atoms with E-state index in [2.05, 4.69) is 29.1 Å². The van der Waals surface area contributed by atoms with E-state index >= 15 is 0 Å². The smallest absolute Gasteiger partial charge is 0.178 e. The van der Waals surface area contributed by atoms with Gasteiger partial charge >= 0.3 is 0 Å². The van der Waals surface area contributed by atoms with Crippen LogP contribution in [0.25, 0.3) is 0 Å². The molecule has 2 rings (SSSR count). The highest BCUT2D eigenvalue weighted by atomic mass is 15.3. The summed E-state index contributed by atoms with van der Waals surface area (Å²) >= 11 is 0. The SMILES string of the molecule is CCCCN(c1ccccc1)c1nn(C)cc1N. The molecule has 1 heterocycles. The van der Waals surface area contributed by atoms with Gasteiger partial charge in [-0.2, -0.15) is 5.10 Å². The highest BCUT2D eigenvalue weighted by Gasteiger charge is 2.14. The Morgan fingerprint density at radius 3 is 2.56 bits per heavy atom. The van der Waals surface area contributed by atoms with Crippen LogP contribution in [0.2, 0.25) is 0 Å². The van der Waals surface area contributed by atoms with Gasteiger partial charge in [-0.1, -0.05) is 31.5 Å². The van der Waals surface area contributed by atoms with Crippen LogP contribution in [0.15, 0.2) is 36.5 Å². The van der Waals surface area contributed by atoms with Crippen molar-refractivity contribution in [3.8, 4) is 0 Å². The Kier molecular flexibility index (Phi) is 3.87. The quantitative estimate of drug-likeness (QED) is 0.879. The maximum absolute atomic E-state index is 6.03. The van der Waals surface area contributed by atoms with E-state index in [1.54, 1.807) is 4.68 Å². The van der Waals surface area contributed by atoms with Crippen molar-refractivity contribution < 1.29 is 0 Å². The Labute approximate surface area is 108 Å². The van der Waals surface area contributed by atoms with Crippen molar-refractivity contribution in [3.05, 3.63) is 36.5 Å². The maximum Gasteiger partial charge on any atom is 0.178 e. The first-order chi connectivity index (χ1) is 8.72. The number of para-hydroxylation sites is 1. The van der Waals surface area contributed by atoms with Crippen LogP contribution in [0, 0.1) is 0 Å². The van der Waals surface area contributed by atoms with Crippen LogP contribution < -0.4 is 10.6 Å². The number of aryl methyl sites for hydroxylation is 1. The fraction of sp³-hybridized carbons (Fsp3) is 0.357. The molecule has 0 spiro atoms. The van der Waals surface area contributed by atoms with Crippen molar-refractivity contribution in [1.82, 2.24) is 9.78 Å². The van der Waals surface area contributed by atoms with E-state index in [9.17, 15) is 0 Å². The topological polar surface area (TPSA) is 47.1 Å². The molecule has 0 atom stereocenters. The summed E-state index contributed by atoms with van der Waals surface area (Å²) in [5.74, 6) is 0.845. The van der Waals surface area contributed by atoms with Gasteiger partial charge in [0.1, 0.15) is 0 Å². The predicted molar refractivity (Wildman–Crippen MR) is 76.0 cm³/mol. The molecule has 0 amide bonds. The van der Waals surface area contributed by atoms with Gasteiger partial charge in [-0.05, 0) is 18.6 Å². The number of unbranched alkanes of at least 4 members (excludes halogenated alkanes) is 1. The Hall–Kier alpha value is -1.97. The van der Waals surface area contributed by atoms with Crippen LogP contribution in [-0.4, -0.2) is 16.3 Å². The summed E-state index contributed by atoms with van der Waals surface area (Å²) < 4.78 is 1.76. The zero-order valence-corrected chi connectivity index (χ0v) is 11.0. The standard InChI is InChI=1S/C14H20N4/c1-3-4-10-18(12-8-6-5-7-9-12)14-13(15)11-17(2)16-14/h5-9,11H,3-4,10,15H2,1-2H3. The van der Waals surface area contributed by atoms with Crippen LogP contribution in [0.3, 0.4) is 0 Å². The Morgan fingerprint density at radius 1 is 1.28 bits per heavy atom. The van der Waals surface area contributed by atoms with E-state index in [1.165, 1.54) is 0 Å². The molecule has 2 aromatic rings. The number of nitrogens with two attached hydrogens (primary N) is 1. The Morgan fingerprint density at radius 2 is 2.00 bits per heavy atom. The maximum atomic E-state index is 6.03. The molecular formula is C14H20N4. The molecule has 4 heteroatoms. The van der Waals surface area contributed by atoms with Crippen molar-refractivity contribution in [3.63, 3.8) is 0 Å². The van der Waals surface area contributed by atoms with Gasteiger partial charge in [0.25, 0.3) is 0 Å². The molecule has 0 bridgehead atoms. The number of nitrogens with zero attached hydrogens (tertiary/aromatic N) is 3. The molecule has 4 nitrogen and oxygen atoms in total. The molecule has 0 fully saturated rings. The van der Waals surface area contributed by atoms with Gasteiger partial charge in [0.15, 0.2) is 5.82 Å². The van der Waals surface area contributed by atoms with Gasteiger partial charge in [-0.15, -0.1) is 0 Å². The summed E-state index contributed by atoms with van der Waals surface area (Å²) in [5.41, 5.74) is 7.88. The lowest BCUT2D eigenvalue weighted by molar-refractivity contribution is 0.739. The van der Waals surface area contributed by atoms with Gasteiger partial charge < -0.3 is 10.6 Å². The molecule has 2 N–H and O–H groups in total. The molecular weight excluding hydrogens is 224 g/mol. The first-order valence-corrected chi connectivity index (χ1v) is 6.34. The first kappa shape index (κ1) is 12.5. The third-order valence-corrected chi connectivity index (χ3v) is 2.90. The van der Waals surface area contributed by atoms with E-state index in [0.717, 1.165) is 36.6 Å². The molecule has 0 radical (unpaired) electrons. The summed E-state index contributed by atoms with van der Waals surface area (Å²) in [4.78, 5) is 2.18. The highest BCUT2D eigenvalue weighted by molar-refractivity contribution is 5.70. The minimum Gasteiger partial charge on any atom is -0.394 e. The number of benzene rings is 1. The lowest BCUT2D eigenvalue weighted by Gasteiger charge is -2.22. The van der Waals surface area contributed by atoms with Crippen molar-refractivity contribution in [2.24, 2.45) is 7.05 Å². The second kappa shape index (κ2) is 5.58. The van der Waals surface area contributed by atoms with Crippen molar-refractivity contribution in [2.45, 2.75) is 19.8 Å². The first-order valence-electron chi connectivity index (χ1n) is 6.34. The number of rotatable bonds is 5. The largest absolute Gasteiger partial charge is 0.394 e. The normalized spacial score (nSPS) is 10.6. The third-order valence-electron chi connectivity index (χ3n) is 2.90. The Bertz CT molecular complexity index is 490. The van der Waals surface area contributed by atoms with Gasteiger partial charge in [0.05, 0.1) is 5.69 Å². The summed E-state index contributed by atoms with van der Waals surface area (Å²) in [6.07, 6.45) is 4.11. The van der Waals surface area contributed by atoms with Crippen LogP contribution in [0.1, 0.15) is 19.8 Å². The second-order valence-electron chi connectivity index (χ2n) is 4.42. The van der Waals surface area contributed by atoms with E-state index in [-0.39, 0.29) is 0 Å². The fourth-order valence-electron chi connectivity index (χ4n) is 1.99. The molecule has 0 aliphatic rings. The third kappa shape index (κ3) is 2.64. The molecule has 1 aromatic carbocycles. The minimum absolute atomic E-state index is 0.720. The Balaban J connectivity index is 2.34. The average molecular weight is 244 g/mol. The zero-order chi connectivity index (χ0) is 13.0. The zero-order valence-electron chi connectivity index (χ0n) is 11.0. The van der Waals surface area contributed by atoms with E-state index in [0.29, 0.717) is 0 Å². The lowest BCUT2D eigenvalue weighted by atomic mass is 10.2. The predicted octanol–water partition coefficient (Wildman–Crippen LogP) is 2.94. The van der Waals surface area contributed by atoms with E-state index < -0.39 is 0 Å². The summed E-state index contributed by atoms with van der Waals surface area (Å²) in [7, 11) is 1.89. The van der Waals surface area contributed by atoms with Crippen LogP contribution in [-0.2, 0) is 7.05 Å². The number of nitrogen functional groups attached to an aromatic ring is 1. The second-order valence-corrected chi connectivity index (χ2v) is 4.42. The molecule has 0 saturated heterocycles. The van der Waals surface area contributed by atoms with E-state index in [4.69, 9.17) is 5.73 Å². The molecule has 18 heavy (non-hydrogen) atoms. The molecule has 1 aromatic heterocycles. The lowest BCUT2D eigenvalue weighted by Crippen LogP contribution is -2.20. The summed E-state index contributed by atoms with van der Waals surface area (Å²) in [5, 5.41) is 4.46. The molecule has 0 aliphatic carbocycles. The number of aromatic nitrogens is 2.